The number of fused-ring (bicyclic) bond motifs is 11. The summed E-state index contributed by atoms with van der Waals surface area (Å²) < 4.78 is 21.6. The van der Waals surface area contributed by atoms with Gasteiger partial charge in [-0.1, -0.05) is 54.6 Å². The average Bonchev–Trinajstić information content (AvgIpc) is 3.62. The van der Waals surface area contributed by atoms with Gasteiger partial charge in [0.05, 0.1) is 27.8 Å². The van der Waals surface area contributed by atoms with Crippen LogP contribution in [0.2, 0.25) is 0 Å². The molecule has 4 nitrogen and oxygen atoms in total. The van der Waals surface area contributed by atoms with Gasteiger partial charge < -0.3 is 18.1 Å². The van der Waals surface area contributed by atoms with Crippen LogP contribution in [0.25, 0.3) is 70.8 Å². The van der Waals surface area contributed by atoms with Crippen molar-refractivity contribution >= 4 is 83.4 Å². The fraction of sp³-hybridized carbons (Fsp3) is 0.176. The highest BCUT2D eigenvalue weighted by molar-refractivity contribution is 6.62. The molecular weight excluding hydrogens is 481 g/mol. The molecule has 4 heterocycles. The Bertz CT molecular complexity index is 2290. The predicted molar refractivity (Wildman–Crippen MR) is 162 cm³/mol. The summed E-state index contributed by atoms with van der Waals surface area (Å²) in [4.78, 5) is 0. The van der Waals surface area contributed by atoms with Gasteiger partial charge in [0.2, 0.25) is 0 Å². The van der Waals surface area contributed by atoms with Crippen LogP contribution in [0.15, 0.2) is 89.3 Å². The van der Waals surface area contributed by atoms with Crippen LogP contribution in [-0.2, 0) is 9.31 Å². The zero-order valence-corrected chi connectivity index (χ0v) is 22.3. The van der Waals surface area contributed by atoms with E-state index in [4.69, 9.17) is 13.7 Å². The molecule has 0 atom stereocenters. The van der Waals surface area contributed by atoms with E-state index in [1.807, 2.05) is 6.07 Å². The third-order valence-corrected chi connectivity index (χ3v) is 9.34. The smallest absolute Gasteiger partial charge is 0.456 e. The minimum absolute atomic E-state index is 0.391. The molecule has 0 amide bonds. The summed E-state index contributed by atoms with van der Waals surface area (Å²) in [6.07, 6.45) is 0. The minimum Gasteiger partial charge on any atom is -0.456 e. The summed E-state index contributed by atoms with van der Waals surface area (Å²) >= 11 is 0. The van der Waals surface area contributed by atoms with Crippen LogP contribution >= 0.6 is 0 Å². The Balaban J connectivity index is 1.37. The molecule has 0 aliphatic carbocycles. The highest BCUT2D eigenvalue weighted by Crippen LogP contribution is 2.43. The topological polar surface area (TPSA) is 36.0 Å². The first-order chi connectivity index (χ1) is 18.8. The summed E-state index contributed by atoms with van der Waals surface area (Å²) in [5.41, 5.74) is 5.74. The lowest BCUT2D eigenvalue weighted by Crippen LogP contribution is -2.41. The highest BCUT2D eigenvalue weighted by atomic mass is 16.7. The molecule has 1 aliphatic rings. The van der Waals surface area contributed by atoms with Crippen LogP contribution in [0.4, 0.5) is 0 Å². The van der Waals surface area contributed by atoms with E-state index < -0.39 is 18.3 Å². The Hall–Kier alpha value is -4.06. The van der Waals surface area contributed by atoms with E-state index in [0.717, 1.165) is 27.4 Å². The van der Waals surface area contributed by atoms with Gasteiger partial charge in [0, 0.05) is 32.3 Å². The molecule has 5 aromatic carbocycles. The van der Waals surface area contributed by atoms with E-state index in [1.54, 1.807) is 0 Å². The molecule has 0 N–H and O–H groups in total. The van der Waals surface area contributed by atoms with E-state index in [2.05, 4.69) is 111 Å². The van der Waals surface area contributed by atoms with Gasteiger partial charge in [0.15, 0.2) is 0 Å². The van der Waals surface area contributed by atoms with E-state index >= 15 is 0 Å². The molecule has 1 saturated heterocycles. The number of benzene rings is 5. The molecule has 3 aromatic heterocycles. The molecular formula is C34H26BNO3. The summed E-state index contributed by atoms with van der Waals surface area (Å²) in [5, 5.41) is 9.77. The molecule has 0 bridgehead atoms. The van der Waals surface area contributed by atoms with E-state index in [1.165, 1.54) is 48.9 Å². The fourth-order valence-electron chi connectivity index (χ4n) is 6.67. The molecule has 9 rings (SSSR count). The minimum atomic E-state index is -0.419. The number of nitrogens with zero attached hydrogens (tertiary/aromatic N) is 1. The van der Waals surface area contributed by atoms with Crippen molar-refractivity contribution in [2.75, 3.05) is 0 Å². The van der Waals surface area contributed by atoms with Crippen molar-refractivity contribution in [3.8, 4) is 0 Å². The summed E-state index contributed by atoms with van der Waals surface area (Å²) in [7, 11) is -0.419. The first-order valence-electron chi connectivity index (χ1n) is 13.6. The molecule has 0 spiro atoms. The number of aromatic nitrogens is 1. The van der Waals surface area contributed by atoms with Gasteiger partial charge in [-0.2, -0.15) is 0 Å². The van der Waals surface area contributed by atoms with Crippen LogP contribution in [0, 0.1) is 0 Å². The maximum atomic E-state index is 6.38. The Morgan fingerprint density at radius 1 is 0.590 bits per heavy atom. The van der Waals surface area contributed by atoms with Gasteiger partial charge in [0.1, 0.15) is 11.2 Å². The SMILES string of the molecule is CC1(C)OB(c2ccc3oc4ccc5cc6c7cccc8c9ccccc9n(c6cc5c4c3c2)c87)OC1(C)C. The second-order valence-corrected chi connectivity index (χ2v) is 12.0. The van der Waals surface area contributed by atoms with E-state index in [-0.39, 0.29) is 0 Å². The third kappa shape index (κ3) is 2.67. The molecule has 1 fully saturated rings. The van der Waals surface area contributed by atoms with Crippen LogP contribution in [-0.4, -0.2) is 22.7 Å². The van der Waals surface area contributed by atoms with E-state index in [0.29, 0.717) is 0 Å². The Labute approximate surface area is 225 Å². The fourth-order valence-corrected chi connectivity index (χ4v) is 6.67. The monoisotopic (exact) mass is 507 g/mol. The molecule has 0 saturated carbocycles. The van der Waals surface area contributed by atoms with Crippen LogP contribution in [0.3, 0.4) is 0 Å². The zero-order chi connectivity index (χ0) is 26.3. The molecule has 8 aromatic rings. The zero-order valence-electron chi connectivity index (χ0n) is 22.3. The first kappa shape index (κ1) is 21.8. The van der Waals surface area contributed by atoms with Gasteiger partial charge >= 0.3 is 7.12 Å². The molecule has 1 aliphatic heterocycles. The van der Waals surface area contributed by atoms with Crippen molar-refractivity contribution in [2.24, 2.45) is 0 Å². The predicted octanol–water partition coefficient (Wildman–Crippen LogP) is 8.19. The average molecular weight is 507 g/mol. The Kier molecular flexibility index (Phi) is 3.88. The number of rotatable bonds is 1. The largest absolute Gasteiger partial charge is 0.494 e. The van der Waals surface area contributed by atoms with Crippen LogP contribution < -0.4 is 5.46 Å². The lowest BCUT2D eigenvalue weighted by atomic mass is 9.78. The van der Waals surface area contributed by atoms with Crippen molar-refractivity contribution < 1.29 is 13.7 Å². The van der Waals surface area contributed by atoms with Crippen molar-refractivity contribution in [1.29, 1.82) is 0 Å². The summed E-state index contributed by atoms with van der Waals surface area (Å²) in [5.74, 6) is 0. The number of hydrogen-bond acceptors (Lipinski definition) is 3. The lowest BCUT2D eigenvalue weighted by molar-refractivity contribution is 0.00578. The molecule has 0 unspecified atom stereocenters. The van der Waals surface area contributed by atoms with Crippen molar-refractivity contribution in [3.63, 3.8) is 0 Å². The van der Waals surface area contributed by atoms with Gasteiger partial charge in [-0.3, -0.25) is 0 Å². The highest BCUT2D eigenvalue weighted by Gasteiger charge is 2.51. The quantitative estimate of drug-likeness (QED) is 0.210. The number of furan rings is 1. The number of para-hydroxylation sites is 2. The second kappa shape index (κ2) is 6.92. The molecule has 39 heavy (non-hydrogen) atoms. The summed E-state index contributed by atoms with van der Waals surface area (Å²) in [6, 6.07) is 30.7. The van der Waals surface area contributed by atoms with Crippen molar-refractivity contribution in [2.45, 2.75) is 38.9 Å². The maximum absolute atomic E-state index is 6.38. The van der Waals surface area contributed by atoms with Crippen LogP contribution in [0.5, 0.6) is 0 Å². The van der Waals surface area contributed by atoms with E-state index in [9.17, 15) is 0 Å². The second-order valence-electron chi connectivity index (χ2n) is 12.0. The standard InChI is InChI=1S/C34H26BNO3/c1-33(2)34(3,4)39-35(38-33)20-13-15-29-26(17-20)31-24-18-28-25(16-19(24)12-14-30(31)37-29)23-10-7-9-22-21-8-5-6-11-27(21)36(28)32(22)23/h5-18H,1-4H3. The maximum Gasteiger partial charge on any atom is 0.494 e. The van der Waals surface area contributed by atoms with Gasteiger partial charge in [0.25, 0.3) is 0 Å². The Morgan fingerprint density at radius 3 is 2.13 bits per heavy atom. The molecule has 188 valence electrons. The van der Waals surface area contributed by atoms with Crippen LogP contribution in [0.1, 0.15) is 27.7 Å². The normalized spacial score (nSPS) is 17.4. The molecule has 0 radical (unpaired) electrons. The molecule has 5 heteroatoms. The van der Waals surface area contributed by atoms with Gasteiger partial charge in [-0.05, 0) is 74.3 Å². The number of hydrogen-bond donors (Lipinski definition) is 0. The third-order valence-electron chi connectivity index (χ3n) is 9.34. The first-order valence-corrected chi connectivity index (χ1v) is 13.6. The Morgan fingerprint density at radius 2 is 1.31 bits per heavy atom. The van der Waals surface area contributed by atoms with Crippen molar-refractivity contribution in [1.82, 2.24) is 4.40 Å². The van der Waals surface area contributed by atoms with Gasteiger partial charge in [-0.15, -0.1) is 0 Å². The van der Waals surface area contributed by atoms with Gasteiger partial charge in [-0.25, -0.2) is 0 Å². The van der Waals surface area contributed by atoms with Crippen molar-refractivity contribution in [3.05, 3.63) is 84.9 Å². The lowest BCUT2D eigenvalue weighted by Gasteiger charge is -2.32. The summed E-state index contributed by atoms with van der Waals surface area (Å²) in [6.45, 7) is 8.36.